The van der Waals surface area contributed by atoms with Crippen LogP contribution in [0.2, 0.25) is 0 Å². The fraction of sp³-hybridized carbons (Fsp3) is 0.238. The monoisotopic (exact) mass is 334 g/mol. The SMILES string of the molecule is CCN(Cc1ccccc1)C(=O)Cc1oc(-c2ccccc2)nc1C. The number of aryl methyl sites for hydroxylation is 1. The van der Waals surface area contributed by atoms with Crippen molar-refractivity contribution in [3.8, 4) is 11.5 Å². The molecule has 2 aromatic carbocycles. The molecule has 1 aromatic heterocycles. The van der Waals surface area contributed by atoms with Crippen molar-refractivity contribution >= 4 is 5.91 Å². The molecule has 1 heterocycles. The van der Waals surface area contributed by atoms with Gasteiger partial charge in [0.15, 0.2) is 0 Å². The van der Waals surface area contributed by atoms with Gasteiger partial charge in [0.1, 0.15) is 5.76 Å². The number of amides is 1. The van der Waals surface area contributed by atoms with Gasteiger partial charge in [-0.05, 0) is 31.5 Å². The Hall–Kier alpha value is -2.88. The number of hydrogen-bond donors (Lipinski definition) is 0. The number of hydrogen-bond acceptors (Lipinski definition) is 3. The highest BCUT2D eigenvalue weighted by Gasteiger charge is 2.18. The summed E-state index contributed by atoms with van der Waals surface area (Å²) >= 11 is 0. The summed E-state index contributed by atoms with van der Waals surface area (Å²) in [5.41, 5.74) is 2.81. The van der Waals surface area contributed by atoms with Gasteiger partial charge in [-0.1, -0.05) is 48.5 Å². The number of likely N-dealkylation sites (N-methyl/N-ethyl adjacent to an activating group) is 1. The molecule has 4 heteroatoms. The van der Waals surface area contributed by atoms with Gasteiger partial charge in [0.25, 0.3) is 0 Å². The molecule has 0 aliphatic carbocycles. The Labute approximate surface area is 148 Å². The van der Waals surface area contributed by atoms with E-state index in [0.29, 0.717) is 24.7 Å². The fourth-order valence-corrected chi connectivity index (χ4v) is 2.73. The van der Waals surface area contributed by atoms with Crippen LogP contribution in [0.25, 0.3) is 11.5 Å². The molecule has 128 valence electrons. The lowest BCUT2D eigenvalue weighted by atomic mass is 10.2. The molecule has 0 aliphatic rings. The van der Waals surface area contributed by atoms with E-state index in [0.717, 1.165) is 16.8 Å². The van der Waals surface area contributed by atoms with Gasteiger partial charge >= 0.3 is 0 Å². The van der Waals surface area contributed by atoms with Gasteiger partial charge in [-0.2, -0.15) is 0 Å². The lowest BCUT2D eigenvalue weighted by molar-refractivity contribution is -0.131. The number of carbonyl (C=O) groups excluding carboxylic acids is 1. The zero-order valence-electron chi connectivity index (χ0n) is 14.6. The van der Waals surface area contributed by atoms with E-state index < -0.39 is 0 Å². The molecule has 0 bridgehead atoms. The minimum Gasteiger partial charge on any atom is -0.440 e. The Morgan fingerprint density at radius 1 is 1.04 bits per heavy atom. The number of carbonyl (C=O) groups is 1. The molecule has 0 spiro atoms. The maximum absolute atomic E-state index is 12.7. The lowest BCUT2D eigenvalue weighted by Gasteiger charge is -2.20. The summed E-state index contributed by atoms with van der Waals surface area (Å²) in [5, 5.41) is 0. The molecule has 0 saturated heterocycles. The second-order valence-corrected chi connectivity index (χ2v) is 5.96. The van der Waals surface area contributed by atoms with Crippen LogP contribution in [0.1, 0.15) is 23.9 Å². The van der Waals surface area contributed by atoms with Gasteiger partial charge < -0.3 is 9.32 Å². The summed E-state index contributed by atoms with van der Waals surface area (Å²) in [4.78, 5) is 19.0. The van der Waals surface area contributed by atoms with Crippen molar-refractivity contribution in [2.45, 2.75) is 26.8 Å². The summed E-state index contributed by atoms with van der Waals surface area (Å²) in [7, 11) is 0. The minimum absolute atomic E-state index is 0.0465. The number of oxazole rings is 1. The van der Waals surface area contributed by atoms with Crippen LogP contribution in [0.3, 0.4) is 0 Å². The maximum atomic E-state index is 12.7. The maximum Gasteiger partial charge on any atom is 0.230 e. The molecule has 1 amide bonds. The molecule has 0 atom stereocenters. The first kappa shape index (κ1) is 17.0. The Balaban J connectivity index is 1.72. The first-order valence-electron chi connectivity index (χ1n) is 8.50. The third-order valence-corrected chi connectivity index (χ3v) is 4.18. The van der Waals surface area contributed by atoms with Crippen molar-refractivity contribution in [1.29, 1.82) is 0 Å². The fourth-order valence-electron chi connectivity index (χ4n) is 2.73. The van der Waals surface area contributed by atoms with Gasteiger partial charge in [-0.3, -0.25) is 4.79 Å². The highest BCUT2D eigenvalue weighted by molar-refractivity contribution is 5.78. The molecule has 0 fully saturated rings. The normalized spacial score (nSPS) is 10.6. The van der Waals surface area contributed by atoms with Crippen LogP contribution in [-0.4, -0.2) is 22.3 Å². The highest BCUT2D eigenvalue weighted by Crippen LogP contribution is 2.22. The van der Waals surface area contributed by atoms with Crippen LogP contribution in [0, 0.1) is 6.92 Å². The summed E-state index contributed by atoms with van der Waals surface area (Å²) < 4.78 is 5.86. The Morgan fingerprint density at radius 3 is 2.32 bits per heavy atom. The van der Waals surface area contributed by atoms with Crippen LogP contribution in [0.4, 0.5) is 0 Å². The highest BCUT2D eigenvalue weighted by atomic mass is 16.4. The number of aromatic nitrogens is 1. The van der Waals surface area contributed by atoms with Crippen molar-refractivity contribution < 1.29 is 9.21 Å². The van der Waals surface area contributed by atoms with Crippen LogP contribution >= 0.6 is 0 Å². The first-order chi connectivity index (χ1) is 12.2. The molecular formula is C21H22N2O2. The average Bonchev–Trinajstić information content (AvgIpc) is 3.02. The third-order valence-electron chi connectivity index (χ3n) is 4.18. The molecule has 3 aromatic rings. The predicted octanol–water partition coefficient (Wildman–Crippen LogP) is 4.24. The zero-order valence-corrected chi connectivity index (χ0v) is 14.6. The van der Waals surface area contributed by atoms with E-state index in [1.54, 1.807) is 0 Å². The molecule has 3 rings (SSSR count). The number of benzene rings is 2. The van der Waals surface area contributed by atoms with Crippen LogP contribution < -0.4 is 0 Å². The quantitative estimate of drug-likeness (QED) is 0.677. The predicted molar refractivity (Wildman–Crippen MR) is 97.9 cm³/mol. The lowest BCUT2D eigenvalue weighted by Crippen LogP contribution is -2.31. The third kappa shape index (κ3) is 4.15. The van der Waals surface area contributed by atoms with Gasteiger partial charge in [-0.25, -0.2) is 4.98 Å². The van der Waals surface area contributed by atoms with E-state index in [9.17, 15) is 4.79 Å². The Morgan fingerprint density at radius 2 is 1.68 bits per heavy atom. The molecule has 0 saturated carbocycles. The van der Waals surface area contributed by atoms with E-state index in [4.69, 9.17) is 4.42 Å². The molecule has 0 N–H and O–H groups in total. The average molecular weight is 334 g/mol. The summed E-state index contributed by atoms with van der Waals surface area (Å²) in [6.45, 7) is 5.14. The van der Waals surface area contributed by atoms with Crippen LogP contribution in [-0.2, 0) is 17.8 Å². The molecular weight excluding hydrogens is 312 g/mol. The minimum atomic E-state index is 0.0465. The van der Waals surface area contributed by atoms with E-state index in [2.05, 4.69) is 4.98 Å². The molecule has 0 radical (unpaired) electrons. The molecule has 0 unspecified atom stereocenters. The number of nitrogens with zero attached hydrogens (tertiary/aromatic N) is 2. The van der Waals surface area contributed by atoms with Gasteiger partial charge in [0.05, 0.1) is 12.1 Å². The van der Waals surface area contributed by atoms with E-state index in [-0.39, 0.29) is 12.3 Å². The van der Waals surface area contributed by atoms with Crippen LogP contribution in [0.15, 0.2) is 65.1 Å². The summed E-state index contributed by atoms with van der Waals surface area (Å²) in [6.07, 6.45) is 0.229. The Kier molecular flexibility index (Phi) is 5.29. The molecule has 4 nitrogen and oxygen atoms in total. The van der Waals surface area contributed by atoms with Gasteiger partial charge in [0.2, 0.25) is 11.8 Å². The smallest absolute Gasteiger partial charge is 0.230 e. The van der Waals surface area contributed by atoms with E-state index in [1.807, 2.05) is 79.4 Å². The Bertz CT molecular complexity index is 826. The molecule has 0 aliphatic heterocycles. The van der Waals surface area contributed by atoms with Crippen molar-refractivity contribution in [2.75, 3.05) is 6.54 Å². The van der Waals surface area contributed by atoms with E-state index in [1.165, 1.54) is 0 Å². The largest absolute Gasteiger partial charge is 0.440 e. The number of rotatable bonds is 6. The zero-order chi connectivity index (χ0) is 17.6. The van der Waals surface area contributed by atoms with Gasteiger partial charge in [0, 0.05) is 18.7 Å². The second-order valence-electron chi connectivity index (χ2n) is 5.96. The topological polar surface area (TPSA) is 46.3 Å². The van der Waals surface area contributed by atoms with Crippen LogP contribution in [0.5, 0.6) is 0 Å². The summed E-state index contributed by atoms with van der Waals surface area (Å²) in [5.74, 6) is 1.24. The van der Waals surface area contributed by atoms with Crippen molar-refractivity contribution in [3.05, 3.63) is 77.7 Å². The molecule has 25 heavy (non-hydrogen) atoms. The second kappa shape index (κ2) is 7.79. The first-order valence-corrected chi connectivity index (χ1v) is 8.50. The van der Waals surface area contributed by atoms with Crippen molar-refractivity contribution in [3.63, 3.8) is 0 Å². The standard InChI is InChI=1S/C21H22N2O2/c1-3-23(15-17-10-6-4-7-11-17)20(24)14-19-16(2)22-21(25-19)18-12-8-5-9-13-18/h4-13H,3,14-15H2,1-2H3. The van der Waals surface area contributed by atoms with Gasteiger partial charge in [-0.15, -0.1) is 0 Å². The van der Waals surface area contributed by atoms with Crippen molar-refractivity contribution in [1.82, 2.24) is 9.88 Å². The van der Waals surface area contributed by atoms with Crippen molar-refractivity contribution in [2.24, 2.45) is 0 Å². The van der Waals surface area contributed by atoms with E-state index >= 15 is 0 Å². The summed E-state index contributed by atoms with van der Waals surface area (Å²) in [6, 6.07) is 19.7.